The first-order valence-electron chi connectivity index (χ1n) is 10.2. The van der Waals surface area contributed by atoms with E-state index in [1.165, 1.54) is 56.3 Å². The maximum Gasteiger partial charge on any atom is 0.323 e. The number of hydrogen-bond acceptors (Lipinski definition) is 2. The third-order valence-electron chi connectivity index (χ3n) is 4.66. The van der Waals surface area contributed by atoms with Gasteiger partial charge in [0.25, 0.3) is 0 Å². The topological polar surface area (TPSA) is 57.6 Å². The maximum absolute atomic E-state index is 12.4. The summed E-state index contributed by atoms with van der Waals surface area (Å²) in [6, 6.07) is 9.05. The van der Waals surface area contributed by atoms with Gasteiger partial charge in [-0.15, -0.1) is 0 Å². The highest BCUT2D eigenvalue weighted by atomic mass is 16.4. The Labute approximate surface area is 158 Å². The smallest absolute Gasteiger partial charge is 0.323 e. The number of hydrogen-bond donors (Lipinski definition) is 1. The molecule has 4 nitrogen and oxygen atoms in total. The first-order chi connectivity index (χ1) is 12.6. The lowest BCUT2D eigenvalue weighted by molar-refractivity contribution is -0.136. The van der Waals surface area contributed by atoms with Crippen molar-refractivity contribution in [3.8, 4) is 0 Å². The molecule has 0 bridgehead atoms. The second-order valence-electron chi connectivity index (χ2n) is 6.99. The Balaban J connectivity index is 2.16. The van der Waals surface area contributed by atoms with Crippen LogP contribution in [0.2, 0.25) is 0 Å². The molecule has 1 aromatic rings. The van der Waals surface area contributed by atoms with Crippen LogP contribution in [0.4, 0.5) is 5.69 Å². The van der Waals surface area contributed by atoms with Crippen molar-refractivity contribution in [2.24, 2.45) is 0 Å². The van der Waals surface area contributed by atoms with Crippen molar-refractivity contribution in [1.82, 2.24) is 0 Å². The minimum atomic E-state index is -0.985. The first-order valence-corrected chi connectivity index (χ1v) is 10.2. The second-order valence-corrected chi connectivity index (χ2v) is 6.99. The van der Waals surface area contributed by atoms with Gasteiger partial charge >= 0.3 is 5.97 Å². The number of anilines is 1. The molecule has 0 saturated heterocycles. The zero-order chi connectivity index (χ0) is 19.0. The fraction of sp³-hybridized carbons (Fsp3) is 0.636. The highest BCUT2D eigenvalue weighted by Crippen LogP contribution is 2.16. The molecule has 1 rings (SSSR count). The highest BCUT2D eigenvalue weighted by molar-refractivity contribution is 5.97. The summed E-state index contributed by atoms with van der Waals surface area (Å²) in [4.78, 5) is 24.8. The predicted octanol–water partition coefficient (Wildman–Crippen LogP) is 5.81. The van der Waals surface area contributed by atoms with Gasteiger partial charge in [-0.25, -0.2) is 0 Å². The summed E-state index contributed by atoms with van der Waals surface area (Å²) in [5.41, 5.74) is 0.656. The van der Waals surface area contributed by atoms with Crippen LogP contribution in [0.15, 0.2) is 30.3 Å². The number of unbranched alkanes of at least 4 members (excludes halogenated alkanes) is 10. The molecular formula is C22H35NO3. The Bertz CT molecular complexity index is 501. The van der Waals surface area contributed by atoms with Crippen LogP contribution in [0.3, 0.4) is 0 Å². The molecule has 1 N–H and O–H groups in total. The van der Waals surface area contributed by atoms with Gasteiger partial charge in [-0.2, -0.15) is 0 Å². The number of para-hydroxylation sites is 1. The SMILES string of the molecule is CCCCCCCCCCCCCC(=O)N(CC(=O)O)c1ccccc1. The number of rotatable bonds is 15. The minimum Gasteiger partial charge on any atom is -0.480 e. The van der Waals surface area contributed by atoms with E-state index in [-0.39, 0.29) is 12.5 Å². The van der Waals surface area contributed by atoms with Crippen molar-refractivity contribution in [3.63, 3.8) is 0 Å². The summed E-state index contributed by atoms with van der Waals surface area (Å²) < 4.78 is 0. The van der Waals surface area contributed by atoms with Crippen LogP contribution in [-0.2, 0) is 9.59 Å². The van der Waals surface area contributed by atoms with Crippen LogP contribution in [0.25, 0.3) is 0 Å². The van der Waals surface area contributed by atoms with Gasteiger partial charge < -0.3 is 10.0 Å². The van der Waals surface area contributed by atoms with Crippen LogP contribution in [0.5, 0.6) is 0 Å². The molecule has 146 valence electrons. The second kappa shape index (κ2) is 14.3. The molecule has 0 aliphatic rings. The lowest BCUT2D eigenvalue weighted by atomic mass is 10.1. The number of benzene rings is 1. The molecule has 0 heterocycles. The van der Waals surface area contributed by atoms with Gasteiger partial charge in [0.1, 0.15) is 6.54 Å². The van der Waals surface area contributed by atoms with Crippen molar-refractivity contribution < 1.29 is 14.7 Å². The first kappa shape index (κ1) is 22.2. The molecule has 0 radical (unpaired) electrons. The van der Waals surface area contributed by atoms with Crippen LogP contribution < -0.4 is 4.90 Å². The van der Waals surface area contributed by atoms with Crippen LogP contribution in [0.1, 0.15) is 84.0 Å². The Morgan fingerprint density at radius 2 is 1.31 bits per heavy atom. The molecule has 1 aromatic carbocycles. The lowest BCUT2D eigenvalue weighted by Gasteiger charge is -2.20. The third kappa shape index (κ3) is 10.2. The third-order valence-corrected chi connectivity index (χ3v) is 4.66. The minimum absolute atomic E-state index is 0.102. The van der Waals surface area contributed by atoms with Crippen LogP contribution >= 0.6 is 0 Å². The Morgan fingerprint density at radius 3 is 1.81 bits per heavy atom. The van der Waals surface area contributed by atoms with Crippen molar-refractivity contribution in [1.29, 1.82) is 0 Å². The van der Waals surface area contributed by atoms with Crippen LogP contribution in [0, 0.1) is 0 Å². The van der Waals surface area contributed by atoms with E-state index < -0.39 is 5.97 Å². The lowest BCUT2D eigenvalue weighted by Crippen LogP contribution is -2.35. The standard InChI is InChI=1S/C22H35NO3/c1-2-3-4-5-6-7-8-9-10-11-15-18-21(24)23(19-22(25)26)20-16-13-12-14-17-20/h12-14,16-17H,2-11,15,18-19H2,1H3,(H,25,26). The number of carboxylic acid groups (broad SMARTS) is 1. The van der Waals surface area contributed by atoms with Crippen molar-refractivity contribution >= 4 is 17.6 Å². The van der Waals surface area contributed by atoms with Gasteiger partial charge in [-0.05, 0) is 18.6 Å². The van der Waals surface area contributed by atoms with Crippen molar-refractivity contribution in [2.45, 2.75) is 84.0 Å². The van der Waals surface area contributed by atoms with Crippen molar-refractivity contribution in [3.05, 3.63) is 30.3 Å². The van der Waals surface area contributed by atoms with Gasteiger partial charge in [0.15, 0.2) is 0 Å². The number of amides is 1. The molecule has 1 amide bonds. The van der Waals surface area contributed by atoms with Gasteiger partial charge in [0, 0.05) is 12.1 Å². The van der Waals surface area contributed by atoms with E-state index in [4.69, 9.17) is 5.11 Å². The van der Waals surface area contributed by atoms with E-state index >= 15 is 0 Å². The summed E-state index contributed by atoms with van der Waals surface area (Å²) in [7, 11) is 0. The molecular weight excluding hydrogens is 326 g/mol. The summed E-state index contributed by atoms with van der Waals surface area (Å²) in [6.07, 6.45) is 14.0. The Morgan fingerprint density at radius 1 is 0.808 bits per heavy atom. The van der Waals surface area contributed by atoms with E-state index in [9.17, 15) is 9.59 Å². The zero-order valence-electron chi connectivity index (χ0n) is 16.3. The average molecular weight is 362 g/mol. The van der Waals surface area contributed by atoms with Crippen molar-refractivity contribution in [2.75, 3.05) is 11.4 Å². The maximum atomic E-state index is 12.4. The van der Waals surface area contributed by atoms with Gasteiger partial charge in [-0.1, -0.05) is 89.3 Å². The van der Waals surface area contributed by atoms with Gasteiger partial charge in [0.2, 0.25) is 5.91 Å². The average Bonchev–Trinajstić information content (AvgIpc) is 2.64. The Hall–Kier alpha value is -1.84. The fourth-order valence-electron chi connectivity index (χ4n) is 3.14. The molecule has 0 aliphatic carbocycles. The van der Waals surface area contributed by atoms with E-state index in [0.29, 0.717) is 12.1 Å². The molecule has 4 heteroatoms. The van der Waals surface area contributed by atoms with E-state index in [1.54, 1.807) is 12.1 Å². The number of carbonyl (C=O) groups excluding carboxylic acids is 1. The monoisotopic (exact) mass is 361 g/mol. The molecule has 0 aromatic heterocycles. The van der Waals surface area contributed by atoms with E-state index in [1.807, 2.05) is 18.2 Å². The van der Waals surface area contributed by atoms with E-state index in [2.05, 4.69) is 6.92 Å². The molecule has 0 aliphatic heterocycles. The molecule has 0 fully saturated rings. The summed E-state index contributed by atoms with van der Waals surface area (Å²) in [6.45, 7) is 1.96. The zero-order valence-corrected chi connectivity index (χ0v) is 16.3. The molecule has 0 atom stereocenters. The quantitative estimate of drug-likeness (QED) is 0.401. The van der Waals surface area contributed by atoms with E-state index in [0.717, 1.165) is 19.3 Å². The molecule has 0 spiro atoms. The Kier molecular flexibility index (Phi) is 12.2. The van der Waals surface area contributed by atoms with Crippen LogP contribution in [-0.4, -0.2) is 23.5 Å². The largest absolute Gasteiger partial charge is 0.480 e. The summed E-state index contributed by atoms with van der Waals surface area (Å²) in [5, 5.41) is 9.06. The number of carboxylic acids is 1. The van der Waals surface area contributed by atoms with Gasteiger partial charge in [0.05, 0.1) is 0 Å². The molecule has 0 unspecified atom stereocenters. The fourth-order valence-corrected chi connectivity index (χ4v) is 3.14. The summed E-state index contributed by atoms with van der Waals surface area (Å²) >= 11 is 0. The number of nitrogens with zero attached hydrogens (tertiary/aromatic N) is 1. The normalized spacial score (nSPS) is 10.7. The predicted molar refractivity (Wildman–Crippen MR) is 108 cm³/mol. The van der Waals surface area contributed by atoms with Gasteiger partial charge in [-0.3, -0.25) is 9.59 Å². The molecule has 0 saturated carbocycles. The number of aliphatic carboxylic acids is 1. The number of carbonyl (C=O) groups is 2. The summed E-state index contributed by atoms with van der Waals surface area (Å²) in [5.74, 6) is -1.09. The highest BCUT2D eigenvalue weighted by Gasteiger charge is 2.17. The molecule has 26 heavy (non-hydrogen) atoms.